The molecule has 1 N–H and O–H groups in total. The number of allylic oxidation sites excluding steroid dienone is 1. The minimum atomic E-state index is -0.177. The van der Waals surface area contributed by atoms with E-state index in [0.717, 1.165) is 16.9 Å². The number of likely N-dealkylation sites (tertiary alicyclic amines) is 1. The lowest BCUT2D eigenvalue weighted by molar-refractivity contribution is -0.126. The molecule has 112 valence electrons. The fraction of sp³-hybridized carbons (Fsp3) is 0.375. The number of benzene rings is 1. The van der Waals surface area contributed by atoms with E-state index in [1.54, 1.807) is 25.1 Å². The van der Waals surface area contributed by atoms with Gasteiger partial charge in [0.15, 0.2) is 0 Å². The summed E-state index contributed by atoms with van der Waals surface area (Å²) < 4.78 is 5.17. The molecular weight excluding hydrogens is 268 g/mol. The second-order valence-corrected chi connectivity index (χ2v) is 5.24. The molecule has 2 amide bonds. The lowest BCUT2D eigenvalue weighted by Crippen LogP contribution is -2.35. The Bertz CT molecular complexity index is 581. The number of carbonyl (C=O) groups excluding carboxylic acids is 2. The van der Waals surface area contributed by atoms with E-state index in [0.29, 0.717) is 13.0 Å². The summed E-state index contributed by atoms with van der Waals surface area (Å²) in [5.41, 5.74) is 1.79. The van der Waals surface area contributed by atoms with Crippen LogP contribution >= 0.6 is 0 Å². The molecule has 5 nitrogen and oxygen atoms in total. The van der Waals surface area contributed by atoms with Crippen molar-refractivity contribution in [2.75, 3.05) is 20.7 Å². The number of methoxy groups -OCH3 is 1. The van der Waals surface area contributed by atoms with Gasteiger partial charge in [-0.15, -0.1) is 0 Å². The molecule has 1 aliphatic rings. The summed E-state index contributed by atoms with van der Waals surface area (Å²) in [6.07, 6.45) is 1.92. The van der Waals surface area contributed by atoms with E-state index in [4.69, 9.17) is 4.74 Å². The normalized spacial score (nSPS) is 18.8. The van der Waals surface area contributed by atoms with E-state index in [1.165, 1.54) is 0 Å². The minimum Gasteiger partial charge on any atom is -0.497 e. The Labute approximate surface area is 124 Å². The summed E-state index contributed by atoms with van der Waals surface area (Å²) in [4.78, 5) is 25.1. The van der Waals surface area contributed by atoms with Gasteiger partial charge >= 0.3 is 0 Å². The van der Waals surface area contributed by atoms with Crippen LogP contribution < -0.4 is 10.1 Å². The van der Waals surface area contributed by atoms with Crippen molar-refractivity contribution in [3.63, 3.8) is 0 Å². The predicted octanol–water partition coefficient (Wildman–Crippen LogP) is 1.45. The molecule has 0 aromatic heterocycles. The fourth-order valence-corrected chi connectivity index (χ4v) is 2.35. The number of rotatable bonds is 4. The van der Waals surface area contributed by atoms with Gasteiger partial charge in [0.25, 0.3) is 0 Å². The second-order valence-electron chi connectivity index (χ2n) is 5.24. The Hall–Kier alpha value is -2.30. The van der Waals surface area contributed by atoms with Crippen LogP contribution in [0.15, 0.2) is 30.3 Å². The van der Waals surface area contributed by atoms with E-state index < -0.39 is 0 Å². The maximum atomic E-state index is 12.0. The van der Waals surface area contributed by atoms with Crippen LogP contribution in [0.5, 0.6) is 5.75 Å². The van der Waals surface area contributed by atoms with Gasteiger partial charge in [0.1, 0.15) is 5.75 Å². The average Bonchev–Trinajstić information content (AvgIpc) is 2.77. The summed E-state index contributed by atoms with van der Waals surface area (Å²) >= 11 is 0. The molecule has 0 radical (unpaired) electrons. The standard InChI is InChI=1S/C16H20N2O3/c1-11(12-5-4-6-14(8-12)21-3)7-15(19)17-13-9-16(20)18(2)10-13/h4-8,13H,9-10H2,1-3H3,(H,17,19)/b11-7+/t13-/m1/s1. The maximum absolute atomic E-state index is 12.0. The van der Waals surface area contributed by atoms with Crippen LogP contribution in [0, 0.1) is 0 Å². The van der Waals surface area contributed by atoms with Crippen LogP contribution in [-0.4, -0.2) is 43.5 Å². The largest absolute Gasteiger partial charge is 0.497 e. The quantitative estimate of drug-likeness (QED) is 0.853. The van der Waals surface area contributed by atoms with Gasteiger partial charge in [0.2, 0.25) is 11.8 Å². The van der Waals surface area contributed by atoms with Crippen LogP contribution in [0.4, 0.5) is 0 Å². The van der Waals surface area contributed by atoms with Gasteiger partial charge < -0.3 is 15.0 Å². The molecule has 0 saturated carbocycles. The number of hydrogen-bond acceptors (Lipinski definition) is 3. The zero-order chi connectivity index (χ0) is 15.4. The lowest BCUT2D eigenvalue weighted by atomic mass is 10.1. The van der Waals surface area contributed by atoms with Crippen molar-refractivity contribution in [1.82, 2.24) is 10.2 Å². The number of carbonyl (C=O) groups is 2. The van der Waals surface area contributed by atoms with Crippen LogP contribution in [0.2, 0.25) is 0 Å². The SMILES string of the molecule is COc1cccc(/C(C)=C/C(=O)N[C@@H]2CC(=O)N(C)C2)c1. The molecule has 1 fully saturated rings. The molecule has 1 saturated heterocycles. The number of nitrogens with zero attached hydrogens (tertiary/aromatic N) is 1. The number of likely N-dealkylation sites (N-methyl/N-ethyl adjacent to an activating group) is 1. The van der Waals surface area contributed by atoms with Gasteiger partial charge in [-0.1, -0.05) is 12.1 Å². The van der Waals surface area contributed by atoms with Gasteiger partial charge in [0.05, 0.1) is 13.2 Å². The van der Waals surface area contributed by atoms with Crippen molar-refractivity contribution < 1.29 is 14.3 Å². The highest BCUT2D eigenvalue weighted by Crippen LogP contribution is 2.19. The third-order valence-electron chi connectivity index (χ3n) is 3.56. The number of ether oxygens (including phenoxy) is 1. The number of hydrogen-bond donors (Lipinski definition) is 1. The zero-order valence-corrected chi connectivity index (χ0v) is 12.6. The minimum absolute atomic E-state index is 0.0637. The molecule has 0 spiro atoms. The maximum Gasteiger partial charge on any atom is 0.244 e. The summed E-state index contributed by atoms with van der Waals surface area (Å²) in [6, 6.07) is 7.44. The molecule has 1 aliphatic heterocycles. The zero-order valence-electron chi connectivity index (χ0n) is 12.6. The molecule has 1 aromatic carbocycles. The summed E-state index contributed by atoms with van der Waals surface area (Å²) in [5.74, 6) is 0.640. The number of nitrogens with one attached hydrogen (secondary N) is 1. The molecule has 1 aromatic rings. The third-order valence-corrected chi connectivity index (χ3v) is 3.56. The van der Waals surface area contributed by atoms with E-state index >= 15 is 0 Å². The third kappa shape index (κ3) is 3.84. The second kappa shape index (κ2) is 6.43. The van der Waals surface area contributed by atoms with Crippen molar-refractivity contribution >= 4 is 17.4 Å². The predicted molar refractivity (Wildman–Crippen MR) is 80.8 cm³/mol. The van der Waals surface area contributed by atoms with Crippen molar-refractivity contribution in [2.24, 2.45) is 0 Å². The molecule has 21 heavy (non-hydrogen) atoms. The van der Waals surface area contributed by atoms with Crippen molar-refractivity contribution in [3.05, 3.63) is 35.9 Å². The highest BCUT2D eigenvalue weighted by Gasteiger charge is 2.27. The van der Waals surface area contributed by atoms with Gasteiger partial charge in [-0.05, 0) is 30.2 Å². The first-order valence-corrected chi connectivity index (χ1v) is 6.87. The highest BCUT2D eigenvalue weighted by atomic mass is 16.5. The Kier molecular flexibility index (Phi) is 4.62. The van der Waals surface area contributed by atoms with Gasteiger partial charge in [-0.25, -0.2) is 0 Å². The molecule has 0 aliphatic carbocycles. The molecule has 0 unspecified atom stereocenters. The molecule has 0 bridgehead atoms. The monoisotopic (exact) mass is 288 g/mol. The van der Waals surface area contributed by atoms with Crippen LogP contribution in [-0.2, 0) is 9.59 Å². The van der Waals surface area contributed by atoms with Gasteiger partial charge in [0, 0.05) is 26.1 Å². The molecule has 2 rings (SSSR count). The summed E-state index contributed by atoms with van der Waals surface area (Å²) in [6.45, 7) is 2.44. The summed E-state index contributed by atoms with van der Waals surface area (Å²) in [7, 11) is 3.35. The Morgan fingerprint density at radius 3 is 2.86 bits per heavy atom. The van der Waals surface area contributed by atoms with Crippen LogP contribution in [0.25, 0.3) is 5.57 Å². The van der Waals surface area contributed by atoms with E-state index in [-0.39, 0.29) is 17.9 Å². The van der Waals surface area contributed by atoms with Gasteiger partial charge in [-0.2, -0.15) is 0 Å². The van der Waals surface area contributed by atoms with Crippen molar-refractivity contribution in [3.8, 4) is 5.75 Å². The molecule has 1 atom stereocenters. The Balaban J connectivity index is 2.01. The highest BCUT2D eigenvalue weighted by molar-refractivity contribution is 5.95. The first-order valence-electron chi connectivity index (χ1n) is 6.87. The Morgan fingerprint density at radius 2 is 2.24 bits per heavy atom. The fourth-order valence-electron chi connectivity index (χ4n) is 2.35. The lowest BCUT2D eigenvalue weighted by Gasteiger charge is -2.11. The van der Waals surface area contributed by atoms with E-state index in [9.17, 15) is 9.59 Å². The van der Waals surface area contributed by atoms with E-state index in [2.05, 4.69) is 5.32 Å². The molecule has 1 heterocycles. The van der Waals surface area contributed by atoms with Crippen molar-refractivity contribution in [1.29, 1.82) is 0 Å². The summed E-state index contributed by atoms with van der Waals surface area (Å²) in [5, 5.41) is 2.86. The first-order chi connectivity index (χ1) is 9.99. The molecular formula is C16H20N2O3. The van der Waals surface area contributed by atoms with E-state index in [1.807, 2.05) is 31.2 Å². The van der Waals surface area contributed by atoms with Crippen LogP contribution in [0.1, 0.15) is 18.9 Å². The van der Waals surface area contributed by atoms with Crippen molar-refractivity contribution in [2.45, 2.75) is 19.4 Å². The molecule has 5 heteroatoms. The smallest absolute Gasteiger partial charge is 0.244 e. The van der Waals surface area contributed by atoms with Crippen LogP contribution in [0.3, 0.4) is 0 Å². The average molecular weight is 288 g/mol. The Morgan fingerprint density at radius 1 is 1.48 bits per heavy atom. The number of amides is 2. The first kappa shape index (κ1) is 15.1. The topological polar surface area (TPSA) is 58.6 Å². The van der Waals surface area contributed by atoms with Gasteiger partial charge in [-0.3, -0.25) is 9.59 Å².